The average Bonchev–Trinajstić information content (AvgIpc) is 3.17. The third-order valence-electron chi connectivity index (χ3n) is 5.82. The van der Waals surface area contributed by atoms with Gasteiger partial charge in [0, 0.05) is 18.5 Å². The normalized spacial score (nSPS) is 13.5. The molecule has 0 saturated heterocycles. The molecule has 0 saturated carbocycles. The van der Waals surface area contributed by atoms with Crippen molar-refractivity contribution in [2.24, 2.45) is 17.4 Å². The largest absolute Gasteiger partial charge is 0.573 e. The van der Waals surface area contributed by atoms with Gasteiger partial charge in [0.1, 0.15) is 17.1 Å². The van der Waals surface area contributed by atoms with E-state index in [4.69, 9.17) is 11.5 Å². The maximum atomic E-state index is 12.5. The maximum Gasteiger partial charge on any atom is 0.573 e. The van der Waals surface area contributed by atoms with Crippen molar-refractivity contribution in [2.75, 3.05) is 6.54 Å². The zero-order valence-electron chi connectivity index (χ0n) is 18.7. The number of pyridine rings is 1. The molecule has 0 radical (unpaired) electrons. The van der Waals surface area contributed by atoms with Crippen molar-refractivity contribution in [3.05, 3.63) is 89.9 Å². The van der Waals surface area contributed by atoms with Gasteiger partial charge in [0.05, 0.1) is 12.5 Å². The van der Waals surface area contributed by atoms with E-state index in [0.717, 1.165) is 5.56 Å². The summed E-state index contributed by atoms with van der Waals surface area (Å²) in [5.74, 6) is -1.16. The molecule has 2 aromatic carbocycles. The van der Waals surface area contributed by atoms with Crippen molar-refractivity contribution in [2.45, 2.75) is 25.2 Å². The van der Waals surface area contributed by atoms with Crippen LogP contribution in [0.5, 0.6) is 5.75 Å². The highest BCUT2D eigenvalue weighted by atomic mass is 19.4. The molecule has 2 heterocycles. The van der Waals surface area contributed by atoms with Crippen LogP contribution in [-0.4, -0.2) is 33.3 Å². The number of ether oxygens (including phenoxy) is 1. The highest BCUT2D eigenvalue weighted by Gasteiger charge is 2.31. The number of imidazole rings is 1. The number of halogens is 3. The molecule has 4 aromatic rings. The minimum absolute atomic E-state index is 0.219. The summed E-state index contributed by atoms with van der Waals surface area (Å²) in [7, 11) is 0. The monoisotopic (exact) mass is 483 g/mol. The predicted octanol–water partition coefficient (Wildman–Crippen LogP) is 3.76. The number of fused-ring (bicyclic) bond motifs is 1. The van der Waals surface area contributed by atoms with Gasteiger partial charge in [-0.3, -0.25) is 4.79 Å². The molecule has 1 unspecified atom stereocenters. The number of benzene rings is 2. The van der Waals surface area contributed by atoms with Crippen molar-refractivity contribution in [3.63, 3.8) is 0 Å². The zero-order chi connectivity index (χ0) is 25.0. The smallest absolute Gasteiger partial charge is 0.406 e. The molecular weight excluding hydrogens is 459 g/mol. The number of alkyl halides is 3. The van der Waals surface area contributed by atoms with Gasteiger partial charge < -0.3 is 20.8 Å². The lowest BCUT2D eigenvalue weighted by Gasteiger charge is -2.24. The number of hydrogen-bond donors (Lipinski definition) is 2. The number of primary amides is 1. The number of aromatic nitrogens is 3. The first-order valence-electron chi connectivity index (χ1n) is 10.9. The topological polar surface area (TPSA) is 109 Å². The lowest BCUT2D eigenvalue weighted by atomic mass is 9.83. The van der Waals surface area contributed by atoms with Crippen LogP contribution in [-0.2, 0) is 17.8 Å². The number of carbonyl (C=O) groups is 1. The Labute approximate surface area is 199 Å². The number of nitrogens with zero attached hydrogens (tertiary/aromatic N) is 3. The molecule has 2 aromatic heterocycles. The Balaban J connectivity index is 1.67. The number of rotatable bonds is 9. The Morgan fingerprint density at radius 3 is 2.37 bits per heavy atom. The molecule has 2 atom stereocenters. The van der Waals surface area contributed by atoms with Crippen LogP contribution in [0, 0.1) is 5.92 Å². The Bertz CT molecular complexity index is 1290. The van der Waals surface area contributed by atoms with E-state index in [2.05, 4.69) is 14.7 Å². The number of hydrogen-bond acceptors (Lipinski definition) is 5. The molecule has 0 bridgehead atoms. The fourth-order valence-electron chi connectivity index (χ4n) is 4.18. The van der Waals surface area contributed by atoms with E-state index in [1.807, 2.05) is 34.9 Å². The molecule has 0 spiro atoms. The lowest BCUT2D eigenvalue weighted by molar-refractivity contribution is -0.274. The third-order valence-corrected chi connectivity index (χ3v) is 5.82. The van der Waals surface area contributed by atoms with E-state index in [1.165, 1.54) is 24.3 Å². The summed E-state index contributed by atoms with van der Waals surface area (Å²) in [6, 6.07) is 18.6. The SMILES string of the molecule is NC[C@@H](c1ccccc1)C(Cc1nc2cccnc2n1Cc1ccc(OC(F)(F)F)cc1)C(N)=O. The van der Waals surface area contributed by atoms with Gasteiger partial charge in [0.2, 0.25) is 5.91 Å². The molecule has 0 fully saturated rings. The summed E-state index contributed by atoms with van der Waals surface area (Å²) in [6.45, 7) is 0.496. The summed E-state index contributed by atoms with van der Waals surface area (Å²) in [6.07, 6.45) is -2.91. The number of carbonyl (C=O) groups excluding carboxylic acids is 1. The van der Waals surface area contributed by atoms with E-state index < -0.39 is 18.2 Å². The summed E-state index contributed by atoms with van der Waals surface area (Å²) in [4.78, 5) is 21.6. The van der Waals surface area contributed by atoms with Gasteiger partial charge >= 0.3 is 6.36 Å². The summed E-state index contributed by atoms with van der Waals surface area (Å²) >= 11 is 0. The summed E-state index contributed by atoms with van der Waals surface area (Å²) in [5, 5.41) is 0. The van der Waals surface area contributed by atoms with Gasteiger partial charge in [-0.2, -0.15) is 0 Å². The average molecular weight is 483 g/mol. The molecule has 182 valence electrons. The van der Waals surface area contributed by atoms with Crippen LogP contribution >= 0.6 is 0 Å². The van der Waals surface area contributed by atoms with E-state index in [1.54, 1.807) is 18.3 Å². The van der Waals surface area contributed by atoms with Gasteiger partial charge in [-0.05, 0) is 41.9 Å². The van der Waals surface area contributed by atoms with Gasteiger partial charge in [0.15, 0.2) is 5.65 Å². The fourth-order valence-corrected chi connectivity index (χ4v) is 4.18. The van der Waals surface area contributed by atoms with Crippen LogP contribution < -0.4 is 16.2 Å². The molecular formula is C25H24F3N5O2. The van der Waals surface area contributed by atoms with Crippen LogP contribution in [0.1, 0.15) is 22.9 Å². The van der Waals surface area contributed by atoms with E-state index >= 15 is 0 Å². The zero-order valence-corrected chi connectivity index (χ0v) is 18.7. The first kappa shape index (κ1) is 24.2. The second-order valence-corrected chi connectivity index (χ2v) is 8.12. The molecule has 0 aliphatic carbocycles. The minimum Gasteiger partial charge on any atom is -0.406 e. The van der Waals surface area contributed by atoms with Gasteiger partial charge in [0.25, 0.3) is 0 Å². The molecule has 7 nitrogen and oxygen atoms in total. The number of amides is 1. The minimum atomic E-state index is -4.76. The van der Waals surface area contributed by atoms with Crippen LogP contribution in [0.15, 0.2) is 72.9 Å². The lowest BCUT2D eigenvalue weighted by Crippen LogP contribution is -2.35. The molecule has 0 aliphatic rings. The van der Waals surface area contributed by atoms with Crippen LogP contribution in [0.4, 0.5) is 13.2 Å². The molecule has 0 aliphatic heterocycles. The quantitative estimate of drug-likeness (QED) is 0.377. The highest BCUT2D eigenvalue weighted by molar-refractivity contribution is 5.78. The Morgan fingerprint density at radius 2 is 1.74 bits per heavy atom. The van der Waals surface area contributed by atoms with Crippen molar-refractivity contribution >= 4 is 17.1 Å². The number of nitrogens with two attached hydrogens (primary N) is 2. The van der Waals surface area contributed by atoms with Crippen LogP contribution in [0.3, 0.4) is 0 Å². The fraction of sp³-hybridized carbons (Fsp3) is 0.240. The van der Waals surface area contributed by atoms with Crippen molar-refractivity contribution < 1.29 is 22.7 Å². The molecule has 4 rings (SSSR count). The molecule has 4 N–H and O–H groups in total. The molecule has 35 heavy (non-hydrogen) atoms. The standard InChI is InChI=1S/C25H24F3N5O2/c26-25(27,28)35-18-10-8-16(9-11-18)15-33-22(32-21-7-4-12-31-24(21)33)13-19(23(30)34)20(14-29)17-5-2-1-3-6-17/h1-12,19-20H,13-15,29H2,(H2,30,34)/t19?,20-/m0/s1. The van der Waals surface area contributed by atoms with Crippen LogP contribution in [0.25, 0.3) is 11.2 Å². The first-order chi connectivity index (χ1) is 16.7. The van der Waals surface area contributed by atoms with Crippen molar-refractivity contribution in [3.8, 4) is 5.75 Å². The predicted molar refractivity (Wildman–Crippen MR) is 124 cm³/mol. The highest BCUT2D eigenvalue weighted by Crippen LogP contribution is 2.29. The van der Waals surface area contributed by atoms with E-state index in [-0.39, 0.29) is 31.2 Å². The summed E-state index contributed by atoms with van der Waals surface area (Å²) < 4.78 is 43.3. The van der Waals surface area contributed by atoms with E-state index in [9.17, 15) is 18.0 Å². The maximum absolute atomic E-state index is 12.5. The third kappa shape index (κ3) is 5.78. The second kappa shape index (κ2) is 10.1. The Morgan fingerprint density at radius 1 is 1.03 bits per heavy atom. The van der Waals surface area contributed by atoms with Crippen molar-refractivity contribution in [1.82, 2.24) is 14.5 Å². The molecule has 1 amide bonds. The van der Waals surface area contributed by atoms with Crippen molar-refractivity contribution in [1.29, 1.82) is 0 Å². The van der Waals surface area contributed by atoms with Gasteiger partial charge in [-0.1, -0.05) is 42.5 Å². The van der Waals surface area contributed by atoms with Gasteiger partial charge in [-0.15, -0.1) is 13.2 Å². The van der Waals surface area contributed by atoms with Crippen LogP contribution in [0.2, 0.25) is 0 Å². The second-order valence-electron chi connectivity index (χ2n) is 8.12. The summed E-state index contributed by atoms with van der Waals surface area (Å²) in [5.41, 5.74) is 14.7. The first-order valence-corrected chi connectivity index (χ1v) is 10.9. The Kier molecular flexibility index (Phi) is 7.02. The van der Waals surface area contributed by atoms with E-state index in [0.29, 0.717) is 22.6 Å². The molecule has 10 heteroatoms. The Hall–Kier alpha value is -3.92. The van der Waals surface area contributed by atoms with Gasteiger partial charge in [-0.25, -0.2) is 9.97 Å².